The van der Waals surface area contributed by atoms with E-state index in [1.807, 2.05) is 0 Å². The Bertz CT molecular complexity index is 182. The largest absolute Gasteiger partial charge is 0.502 e. The molecule has 0 radical (unpaired) electrons. The molecule has 1 rings (SSSR count). The molecule has 1 saturated carbocycles. The molecule has 0 aliphatic heterocycles. The molecule has 2 atom stereocenters. The van der Waals surface area contributed by atoms with Gasteiger partial charge in [-0.05, 0) is 38.0 Å². The van der Waals surface area contributed by atoms with Crippen molar-refractivity contribution in [2.24, 2.45) is 5.92 Å². The number of hydrogen-bond donors (Lipinski definition) is 1. The van der Waals surface area contributed by atoms with Gasteiger partial charge in [-0.2, -0.15) is 0 Å². The highest BCUT2D eigenvalue weighted by atomic mass is 16.5. The number of ether oxygens (including phenoxy) is 2. The van der Waals surface area contributed by atoms with Crippen molar-refractivity contribution in [2.45, 2.75) is 44.6 Å². The zero-order valence-corrected chi connectivity index (χ0v) is 10.1. The summed E-state index contributed by atoms with van der Waals surface area (Å²) in [6, 6.07) is 0. The van der Waals surface area contributed by atoms with Gasteiger partial charge in [0.05, 0.1) is 19.0 Å². The fraction of sp³-hybridized carbons (Fsp3) is 0.846. The van der Waals surface area contributed by atoms with Crippen LogP contribution in [0.3, 0.4) is 0 Å². The smallest absolute Gasteiger partial charge is 0.0873 e. The number of hydrogen-bond acceptors (Lipinski definition) is 3. The molecule has 0 amide bonds. The summed E-state index contributed by atoms with van der Waals surface area (Å²) in [4.78, 5) is 0. The number of aliphatic hydroxyl groups excluding tert-OH is 1. The summed E-state index contributed by atoms with van der Waals surface area (Å²) in [6.45, 7) is 5.82. The first kappa shape index (κ1) is 13.5. The van der Waals surface area contributed by atoms with E-state index in [0.717, 1.165) is 51.9 Å². The molecule has 1 aliphatic carbocycles. The van der Waals surface area contributed by atoms with Gasteiger partial charge >= 0.3 is 0 Å². The van der Waals surface area contributed by atoms with E-state index in [9.17, 15) is 5.11 Å². The normalized spacial score (nSPS) is 25.3. The fourth-order valence-corrected chi connectivity index (χ4v) is 2.14. The predicted molar refractivity (Wildman–Crippen MR) is 64.2 cm³/mol. The van der Waals surface area contributed by atoms with Gasteiger partial charge in [-0.15, -0.1) is 0 Å². The van der Waals surface area contributed by atoms with Crippen molar-refractivity contribution in [3.63, 3.8) is 0 Å². The SMILES string of the molecule is C=COCCCCOCC1CCCC(O)C1. The molecule has 0 spiro atoms. The Hall–Kier alpha value is -0.540. The van der Waals surface area contributed by atoms with Gasteiger partial charge < -0.3 is 14.6 Å². The van der Waals surface area contributed by atoms with Gasteiger partial charge in [0.1, 0.15) is 0 Å². The summed E-state index contributed by atoms with van der Waals surface area (Å²) in [5, 5.41) is 9.50. The standard InChI is InChI=1S/C13H24O3/c1-2-15-8-3-4-9-16-11-12-6-5-7-13(14)10-12/h2,12-14H,1,3-11H2. The molecule has 94 valence electrons. The average molecular weight is 228 g/mol. The summed E-state index contributed by atoms with van der Waals surface area (Å²) in [5.74, 6) is 0.563. The summed E-state index contributed by atoms with van der Waals surface area (Å²) in [5.41, 5.74) is 0. The zero-order chi connectivity index (χ0) is 11.6. The molecule has 0 aromatic heterocycles. The summed E-state index contributed by atoms with van der Waals surface area (Å²) in [7, 11) is 0. The van der Waals surface area contributed by atoms with Crippen LogP contribution in [-0.4, -0.2) is 31.0 Å². The molecule has 1 fully saturated rings. The molecule has 2 unspecified atom stereocenters. The average Bonchev–Trinajstić information content (AvgIpc) is 2.28. The second kappa shape index (κ2) is 8.59. The van der Waals surface area contributed by atoms with Crippen molar-refractivity contribution in [1.82, 2.24) is 0 Å². The number of aliphatic hydroxyl groups is 1. The molecule has 16 heavy (non-hydrogen) atoms. The van der Waals surface area contributed by atoms with Crippen molar-refractivity contribution in [1.29, 1.82) is 0 Å². The van der Waals surface area contributed by atoms with Gasteiger partial charge in [-0.25, -0.2) is 0 Å². The van der Waals surface area contributed by atoms with Crippen molar-refractivity contribution in [3.8, 4) is 0 Å². The second-order valence-corrected chi connectivity index (χ2v) is 4.51. The number of rotatable bonds is 8. The molecule has 0 heterocycles. The molecule has 0 bridgehead atoms. The van der Waals surface area contributed by atoms with Crippen molar-refractivity contribution in [2.75, 3.05) is 19.8 Å². The van der Waals surface area contributed by atoms with Crippen LogP contribution in [0.5, 0.6) is 0 Å². The molecule has 1 N–H and O–H groups in total. The molecule has 3 heteroatoms. The minimum Gasteiger partial charge on any atom is -0.502 e. The molecular weight excluding hydrogens is 204 g/mol. The Morgan fingerprint density at radius 1 is 1.25 bits per heavy atom. The van der Waals surface area contributed by atoms with Gasteiger partial charge in [0.25, 0.3) is 0 Å². The van der Waals surface area contributed by atoms with E-state index in [0.29, 0.717) is 5.92 Å². The van der Waals surface area contributed by atoms with Crippen molar-refractivity contribution < 1.29 is 14.6 Å². The van der Waals surface area contributed by atoms with Crippen LogP contribution in [0.1, 0.15) is 38.5 Å². The minimum absolute atomic E-state index is 0.0941. The van der Waals surface area contributed by atoms with E-state index < -0.39 is 0 Å². The lowest BCUT2D eigenvalue weighted by molar-refractivity contribution is 0.0390. The Morgan fingerprint density at radius 3 is 2.81 bits per heavy atom. The van der Waals surface area contributed by atoms with Gasteiger partial charge in [-0.1, -0.05) is 13.0 Å². The van der Waals surface area contributed by atoms with E-state index in [1.54, 1.807) is 0 Å². The van der Waals surface area contributed by atoms with E-state index in [2.05, 4.69) is 6.58 Å². The third-order valence-corrected chi connectivity index (χ3v) is 3.03. The maximum Gasteiger partial charge on any atom is 0.0873 e. The Kier molecular flexibility index (Phi) is 7.26. The van der Waals surface area contributed by atoms with Crippen LogP contribution in [0.15, 0.2) is 12.8 Å². The minimum atomic E-state index is -0.0941. The first-order valence-corrected chi connectivity index (χ1v) is 6.31. The molecular formula is C13H24O3. The second-order valence-electron chi connectivity index (χ2n) is 4.51. The molecule has 0 aromatic rings. The van der Waals surface area contributed by atoms with Crippen LogP contribution in [-0.2, 0) is 9.47 Å². The van der Waals surface area contributed by atoms with Crippen molar-refractivity contribution in [3.05, 3.63) is 12.8 Å². The fourth-order valence-electron chi connectivity index (χ4n) is 2.14. The third kappa shape index (κ3) is 6.13. The van der Waals surface area contributed by atoms with Crippen LogP contribution >= 0.6 is 0 Å². The molecule has 3 nitrogen and oxygen atoms in total. The van der Waals surface area contributed by atoms with Gasteiger partial charge in [0, 0.05) is 13.2 Å². The predicted octanol–water partition coefficient (Wildman–Crippen LogP) is 2.49. The Morgan fingerprint density at radius 2 is 2.06 bits per heavy atom. The highest BCUT2D eigenvalue weighted by Gasteiger charge is 2.19. The third-order valence-electron chi connectivity index (χ3n) is 3.03. The Labute approximate surface area is 98.4 Å². The maximum atomic E-state index is 9.50. The lowest BCUT2D eigenvalue weighted by atomic mass is 9.88. The monoisotopic (exact) mass is 228 g/mol. The topological polar surface area (TPSA) is 38.7 Å². The Balaban J connectivity index is 1.88. The highest BCUT2D eigenvalue weighted by molar-refractivity contribution is 4.71. The molecule has 0 saturated heterocycles. The lowest BCUT2D eigenvalue weighted by Gasteiger charge is -2.25. The maximum absolute atomic E-state index is 9.50. The van der Waals surface area contributed by atoms with E-state index in [-0.39, 0.29) is 6.10 Å². The number of unbranched alkanes of at least 4 members (excludes halogenated alkanes) is 1. The van der Waals surface area contributed by atoms with Crippen LogP contribution in [0.25, 0.3) is 0 Å². The van der Waals surface area contributed by atoms with Gasteiger partial charge in [-0.3, -0.25) is 0 Å². The van der Waals surface area contributed by atoms with E-state index >= 15 is 0 Å². The summed E-state index contributed by atoms with van der Waals surface area (Å²) < 4.78 is 10.6. The van der Waals surface area contributed by atoms with Crippen molar-refractivity contribution >= 4 is 0 Å². The quantitative estimate of drug-likeness (QED) is 0.512. The first-order valence-electron chi connectivity index (χ1n) is 6.31. The van der Waals surface area contributed by atoms with Crippen LogP contribution < -0.4 is 0 Å². The van der Waals surface area contributed by atoms with Crippen LogP contribution in [0.2, 0.25) is 0 Å². The van der Waals surface area contributed by atoms with Crippen LogP contribution in [0, 0.1) is 5.92 Å². The van der Waals surface area contributed by atoms with Crippen LogP contribution in [0.4, 0.5) is 0 Å². The highest BCUT2D eigenvalue weighted by Crippen LogP contribution is 2.24. The summed E-state index contributed by atoms with van der Waals surface area (Å²) >= 11 is 0. The van der Waals surface area contributed by atoms with E-state index in [1.165, 1.54) is 12.7 Å². The zero-order valence-electron chi connectivity index (χ0n) is 10.1. The lowest BCUT2D eigenvalue weighted by Crippen LogP contribution is -2.23. The van der Waals surface area contributed by atoms with Gasteiger partial charge in [0.15, 0.2) is 0 Å². The molecule has 1 aliphatic rings. The molecule has 0 aromatic carbocycles. The van der Waals surface area contributed by atoms with Gasteiger partial charge in [0.2, 0.25) is 0 Å². The first-order chi connectivity index (χ1) is 7.83. The summed E-state index contributed by atoms with van der Waals surface area (Å²) in [6.07, 6.45) is 7.66. The van der Waals surface area contributed by atoms with E-state index in [4.69, 9.17) is 9.47 Å².